The summed E-state index contributed by atoms with van der Waals surface area (Å²) < 4.78 is 12.7. The second-order valence-electron chi connectivity index (χ2n) is 6.41. The van der Waals surface area contributed by atoms with E-state index < -0.39 is 12.0 Å². The first-order valence-corrected chi connectivity index (χ1v) is 9.83. The fourth-order valence-electron chi connectivity index (χ4n) is 3.23. The van der Waals surface area contributed by atoms with Gasteiger partial charge in [0.05, 0.1) is 28.7 Å². The number of hydrogen-bond acceptors (Lipinski definition) is 7. The molecule has 0 radical (unpaired) electrons. The summed E-state index contributed by atoms with van der Waals surface area (Å²) in [6.07, 6.45) is 3.23. The topological polar surface area (TPSA) is 94.0 Å². The Kier molecular flexibility index (Phi) is 4.94. The molecule has 4 rings (SSSR count). The molecule has 1 aliphatic heterocycles. The summed E-state index contributed by atoms with van der Waals surface area (Å²) in [4.78, 5) is 30.8. The summed E-state index contributed by atoms with van der Waals surface area (Å²) in [6, 6.07) is 9.22. The molecule has 29 heavy (non-hydrogen) atoms. The van der Waals surface area contributed by atoms with Crippen molar-refractivity contribution in [3.05, 3.63) is 84.9 Å². The van der Waals surface area contributed by atoms with Gasteiger partial charge in [-0.25, -0.2) is 9.79 Å². The summed E-state index contributed by atoms with van der Waals surface area (Å²) >= 11 is 1.23. The number of benzene rings is 1. The fraction of sp³-hybridized carbons (Fsp3) is 0.190. The maximum Gasteiger partial charge on any atom is 0.338 e. The van der Waals surface area contributed by atoms with Gasteiger partial charge in [0.2, 0.25) is 0 Å². The summed E-state index contributed by atoms with van der Waals surface area (Å²) in [5.41, 5.74) is 1.26. The van der Waals surface area contributed by atoms with Gasteiger partial charge < -0.3 is 14.3 Å². The van der Waals surface area contributed by atoms with Crippen molar-refractivity contribution >= 4 is 23.4 Å². The van der Waals surface area contributed by atoms with Gasteiger partial charge in [0, 0.05) is 0 Å². The molecule has 0 amide bonds. The average molecular weight is 410 g/mol. The van der Waals surface area contributed by atoms with E-state index in [0.717, 1.165) is 5.56 Å². The third-order valence-electron chi connectivity index (χ3n) is 4.52. The van der Waals surface area contributed by atoms with Crippen molar-refractivity contribution in [2.24, 2.45) is 4.99 Å². The second-order valence-corrected chi connectivity index (χ2v) is 7.42. The number of carbonyl (C=O) groups is 1. The van der Waals surface area contributed by atoms with E-state index in [1.165, 1.54) is 22.2 Å². The van der Waals surface area contributed by atoms with Gasteiger partial charge in [0.15, 0.2) is 4.80 Å². The van der Waals surface area contributed by atoms with Crippen molar-refractivity contribution in [3.8, 4) is 5.75 Å². The van der Waals surface area contributed by atoms with E-state index >= 15 is 0 Å². The van der Waals surface area contributed by atoms with Crippen LogP contribution in [0.25, 0.3) is 6.08 Å². The van der Waals surface area contributed by atoms with Gasteiger partial charge in [-0.15, -0.1) is 0 Å². The monoisotopic (exact) mass is 410 g/mol. The molecule has 0 spiro atoms. The standard InChI is InChI=1S/C21H18N2O5S/c1-3-27-20(26)17-12(2)22-21-23(18(17)15-5-4-10-28-15)19(25)16(29-21)11-13-6-8-14(24)9-7-13/h4-11,18,24H,3H2,1-2H3/b16-11+. The molecular weight excluding hydrogens is 392 g/mol. The molecule has 1 atom stereocenters. The zero-order valence-electron chi connectivity index (χ0n) is 15.8. The van der Waals surface area contributed by atoms with Crippen molar-refractivity contribution in [3.63, 3.8) is 0 Å². The maximum atomic E-state index is 13.2. The third kappa shape index (κ3) is 3.42. The number of phenols is 1. The number of furan rings is 1. The van der Waals surface area contributed by atoms with E-state index in [2.05, 4.69) is 4.99 Å². The average Bonchev–Trinajstić information content (AvgIpc) is 3.32. The normalized spacial score (nSPS) is 16.5. The van der Waals surface area contributed by atoms with Crippen LogP contribution >= 0.6 is 11.3 Å². The number of thiazole rings is 1. The Balaban J connectivity index is 1.93. The van der Waals surface area contributed by atoms with Crippen LogP contribution in [0, 0.1) is 0 Å². The summed E-state index contributed by atoms with van der Waals surface area (Å²) in [5.74, 6) is 0.0822. The molecule has 3 heterocycles. The minimum Gasteiger partial charge on any atom is -0.508 e. The molecule has 2 aromatic heterocycles. The largest absolute Gasteiger partial charge is 0.508 e. The van der Waals surface area contributed by atoms with E-state index in [-0.39, 0.29) is 23.5 Å². The first kappa shape index (κ1) is 18.9. The van der Waals surface area contributed by atoms with E-state index in [1.54, 1.807) is 56.3 Å². The van der Waals surface area contributed by atoms with Crippen LogP contribution in [0.5, 0.6) is 5.75 Å². The minimum atomic E-state index is -0.748. The molecule has 0 bridgehead atoms. The maximum absolute atomic E-state index is 13.2. The molecule has 3 aromatic rings. The Bertz CT molecular complexity index is 1260. The van der Waals surface area contributed by atoms with Crippen molar-refractivity contribution in [2.45, 2.75) is 19.9 Å². The lowest BCUT2D eigenvalue weighted by Gasteiger charge is -2.22. The first-order valence-electron chi connectivity index (χ1n) is 9.01. The highest BCUT2D eigenvalue weighted by Gasteiger charge is 2.34. The van der Waals surface area contributed by atoms with Crippen LogP contribution in [-0.2, 0) is 9.53 Å². The van der Waals surface area contributed by atoms with E-state index in [9.17, 15) is 14.7 Å². The molecule has 1 unspecified atom stereocenters. The predicted molar refractivity (Wildman–Crippen MR) is 107 cm³/mol. The lowest BCUT2D eigenvalue weighted by atomic mass is 10.0. The minimum absolute atomic E-state index is 0.149. The quantitative estimate of drug-likeness (QED) is 0.665. The molecule has 0 saturated heterocycles. The van der Waals surface area contributed by atoms with Crippen LogP contribution in [0.4, 0.5) is 0 Å². The Morgan fingerprint density at radius 1 is 1.34 bits per heavy atom. The number of hydrogen-bond donors (Lipinski definition) is 1. The van der Waals surface area contributed by atoms with Crippen LogP contribution in [0.15, 0.2) is 68.1 Å². The highest BCUT2D eigenvalue weighted by atomic mass is 32.1. The number of phenolic OH excluding ortho intramolecular Hbond substituents is 1. The van der Waals surface area contributed by atoms with Gasteiger partial charge in [-0.2, -0.15) is 0 Å². The zero-order valence-corrected chi connectivity index (χ0v) is 16.6. The van der Waals surface area contributed by atoms with E-state index in [0.29, 0.717) is 20.8 Å². The Morgan fingerprint density at radius 3 is 2.76 bits per heavy atom. The lowest BCUT2D eigenvalue weighted by Crippen LogP contribution is -2.39. The van der Waals surface area contributed by atoms with Crippen LogP contribution in [0.3, 0.4) is 0 Å². The first-order chi connectivity index (χ1) is 14.0. The van der Waals surface area contributed by atoms with Crippen molar-refractivity contribution in [1.29, 1.82) is 0 Å². The highest BCUT2D eigenvalue weighted by molar-refractivity contribution is 7.07. The van der Waals surface area contributed by atoms with Crippen LogP contribution in [0.2, 0.25) is 0 Å². The van der Waals surface area contributed by atoms with Crippen LogP contribution < -0.4 is 14.9 Å². The lowest BCUT2D eigenvalue weighted by molar-refractivity contribution is -0.139. The summed E-state index contributed by atoms with van der Waals surface area (Å²) in [5, 5.41) is 9.45. The van der Waals surface area contributed by atoms with Gasteiger partial charge in [-0.3, -0.25) is 9.36 Å². The number of carbonyl (C=O) groups excluding carboxylic acids is 1. The second kappa shape index (κ2) is 7.56. The van der Waals surface area contributed by atoms with Gasteiger partial charge >= 0.3 is 5.97 Å². The van der Waals surface area contributed by atoms with Crippen LogP contribution in [-0.4, -0.2) is 22.2 Å². The Hall–Kier alpha value is -3.39. The number of esters is 1. The zero-order chi connectivity index (χ0) is 20.5. The van der Waals surface area contributed by atoms with Gasteiger partial charge in [0.25, 0.3) is 5.56 Å². The van der Waals surface area contributed by atoms with E-state index in [1.807, 2.05) is 0 Å². The number of aromatic hydroxyl groups is 1. The number of aromatic nitrogens is 1. The van der Waals surface area contributed by atoms with Crippen molar-refractivity contribution in [2.75, 3.05) is 6.61 Å². The van der Waals surface area contributed by atoms with E-state index in [4.69, 9.17) is 9.15 Å². The van der Waals surface area contributed by atoms with Crippen molar-refractivity contribution in [1.82, 2.24) is 4.57 Å². The molecule has 0 fully saturated rings. The molecular formula is C21H18N2O5S. The molecule has 148 valence electrons. The Labute approximate surface area is 169 Å². The molecule has 1 aliphatic rings. The number of ether oxygens (including phenoxy) is 1. The fourth-order valence-corrected chi connectivity index (χ4v) is 4.28. The molecule has 1 N–H and O–H groups in total. The highest BCUT2D eigenvalue weighted by Crippen LogP contribution is 2.30. The van der Waals surface area contributed by atoms with Crippen molar-refractivity contribution < 1.29 is 19.1 Å². The molecule has 7 nitrogen and oxygen atoms in total. The summed E-state index contributed by atoms with van der Waals surface area (Å²) in [6.45, 7) is 3.66. The molecule has 0 aliphatic carbocycles. The Morgan fingerprint density at radius 2 is 2.10 bits per heavy atom. The number of allylic oxidation sites excluding steroid dienone is 1. The van der Waals surface area contributed by atoms with Gasteiger partial charge in [0.1, 0.15) is 17.6 Å². The number of rotatable bonds is 4. The SMILES string of the molecule is CCOC(=O)C1=C(C)N=c2s/c(=C/c3ccc(O)cc3)c(=O)n2C1c1ccco1. The molecule has 1 aromatic carbocycles. The summed E-state index contributed by atoms with van der Waals surface area (Å²) in [7, 11) is 0. The molecule has 8 heteroatoms. The van der Waals surface area contributed by atoms with Gasteiger partial charge in [-0.05, 0) is 49.8 Å². The van der Waals surface area contributed by atoms with Gasteiger partial charge in [-0.1, -0.05) is 23.5 Å². The number of fused-ring (bicyclic) bond motifs is 1. The predicted octanol–water partition coefficient (Wildman–Crippen LogP) is 2.10. The third-order valence-corrected chi connectivity index (χ3v) is 5.50. The smallest absolute Gasteiger partial charge is 0.338 e. The molecule has 0 saturated carbocycles. The number of nitrogens with zero attached hydrogens (tertiary/aromatic N) is 2. The van der Waals surface area contributed by atoms with Crippen LogP contribution in [0.1, 0.15) is 31.2 Å².